The molecule has 18 heavy (non-hydrogen) atoms. The molecule has 0 saturated heterocycles. The highest BCUT2D eigenvalue weighted by Crippen LogP contribution is 2.22. The van der Waals surface area contributed by atoms with Gasteiger partial charge >= 0.3 is 0 Å². The molecule has 0 aromatic carbocycles. The van der Waals surface area contributed by atoms with Crippen molar-refractivity contribution in [3.05, 3.63) is 28.3 Å². The second-order valence-corrected chi connectivity index (χ2v) is 6.04. The maximum Gasteiger partial charge on any atom is 0.105 e. The monoisotopic (exact) mass is 311 g/mol. The summed E-state index contributed by atoms with van der Waals surface area (Å²) in [5, 5.41) is 0. The Morgan fingerprint density at radius 1 is 1.28 bits per heavy atom. The number of rotatable bonds is 5. The molecule has 0 aliphatic carbocycles. The third-order valence-corrected chi connectivity index (χ3v) is 4.60. The van der Waals surface area contributed by atoms with Gasteiger partial charge in [0.2, 0.25) is 0 Å². The van der Waals surface area contributed by atoms with Crippen LogP contribution in [0.2, 0.25) is 0 Å². The molecular formula is C14H22BrN3. The zero-order chi connectivity index (χ0) is 13.0. The fourth-order valence-electron chi connectivity index (χ4n) is 2.32. The SMILES string of the molecule is CC1=C(Br)CN(CCCCn2ccnc2C)CC1. The van der Waals surface area contributed by atoms with Crippen LogP contribution < -0.4 is 0 Å². The largest absolute Gasteiger partial charge is 0.335 e. The minimum Gasteiger partial charge on any atom is -0.335 e. The molecule has 0 spiro atoms. The van der Waals surface area contributed by atoms with Crippen molar-refractivity contribution in [3.8, 4) is 0 Å². The van der Waals surface area contributed by atoms with E-state index in [1.807, 2.05) is 6.20 Å². The lowest BCUT2D eigenvalue weighted by atomic mass is 10.1. The van der Waals surface area contributed by atoms with Crippen molar-refractivity contribution in [1.82, 2.24) is 14.5 Å². The predicted octanol–water partition coefficient (Wildman–Crippen LogP) is 3.35. The third-order valence-electron chi connectivity index (χ3n) is 3.68. The van der Waals surface area contributed by atoms with Crippen molar-refractivity contribution in [3.63, 3.8) is 0 Å². The maximum atomic E-state index is 4.24. The zero-order valence-electron chi connectivity index (χ0n) is 11.3. The molecule has 0 N–H and O–H groups in total. The van der Waals surface area contributed by atoms with Gasteiger partial charge in [-0.15, -0.1) is 0 Å². The molecule has 1 aliphatic heterocycles. The van der Waals surface area contributed by atoms with E-state index in [-0.39, 0.29) is 0 Å². The van der Waals surface area contributed by atoms with Crippen LogP contribution in [0.4, 0.5) is 0 Å². The summed E-state index contributed by atoms with van der Waals surface area (Å²) in [6.07, 6.45) is 7.65. The van der Waals surface area contributed by atoms with Crippen molar-refractivity contribution in [2.75, 3.05) is 19.6 Å². The number of halogens is 1. The number of imidazole rings is 1. The van der Waals surface area contributed by atoms with E-state index in [0.717, 1.165) is 18.9 Å². The summed E-state index contributed by atoms with van der Waals surface area (Å²) in [6.45, 7) is 8.89. The van der Waals surface area contributed by atoms with Gasteiger partial charge in [0.1, 0.15) is 5.82 Å². The molecule has 0 atom stereocenters. The summed E-state index contributed by atoms with van der Waals surface area (Å²) in [6, 6.07) is 0. The lowest BCUT2D eigenvalue weighted by Gasteiger charge is -2.27. The van der Waals surface area contributed by atoms with Gasteiger partial charge in [0.15, 0.2) is 0 Å². The topological polar surface area (TPSA) is 21.1 Å². The Morgan fingerprint density at radius 3 is 2.72 bits per heavy atom. The molecule has 1 aromatic heterocycles. The second kappa shape index (κ2) is 6.53. The van der Waals surface area contributed by atoms with Crippen molar-refractivity contribution >= 4 is 15.9 Å². The molecule has 0 radical (unpaired) electrons. The first-order valence-electron chi connectivity index (χ1n) is 6.71. The number of hydrogen-bond donors (Lipinski definition) is 0. The molecule has 1 aromatic rings. The van der Waals surface area contributed by atoms with Crippen molar-refractivity contribution in [1.29, 1.82) is 0 Å². The molecule has 0 unspecified atom stereocenters. The van der Waals surface area contributed by atoms with E-state index in [4.69, 9.17) is 0 Å². The highest BCUT2D eigenvalue weighted by atomic mass is 79.9. The minimum atomic E-state index is 1.09. The first-order valence-corrected chi connectivity index (χ1v) is 7.50. The van der Waals surface area contributed by atoms with Crippen LogP contribution in [0, 0.1) is 6.92 Å². The quantitative estimate of drug-likeness (QED) is 0.778. The molecule has 0 bridgehead atoms. The van der Waals surface area contributed by atoms with Crippen LogP contribution in [-0.4, -0.2) is 34.1 Å². The Labute approximate surface area is 118 Å². The predicted molar refractivity (Wildman–Crippen MR) is 78.9 cm³/mol. The molecule has 100 valence electrons. The molecule has 1 aliphatic rings. The highest BCUT2D eigenvalue weighted by molar-refractivity contribution is 9.11. The van der Waals surface area contributed by atoms with Crippen LogP contribution in [0.25, 0.3) is 0 Å². The Morgan fingerprint density at radius 2 is 2.06 bits per heavy atom. The minimum absolute atomic E-state index is 1.09. The first kappa shape index (κ1) is 13.8. The van der Waals surface area contributed by atoms with E-state index in [0.29, 0.717) is 0 Å². The van der Waals surface area contributed by atoms with Gasteiger partial charge in [-0.25, -0.2) is 4.98 Å². The fraction of sp³-hybridized carbons (Fsp3) is 0.643. The molecular weight excluding hydrogens is 290 g/mol. The summed E-state index contributed by atoms with van der Waals surface area (Å²) < 4.78 is 3.62. The number of aryl methyl sites for hydroxylation is 2. The maximum absolute atomic E-state index is 4.24. The lowest BCUT2D eigenvalue weighted by molar-refractivity contribution is 0.283. The Bertz CT molecular complexity index is 422. The van der Waals surface area contributed by atoms with Gasteiger partial charge < -0.3 is 4.57 Å². The lowest BCUT2D eigenvalue weighted by Crippen LogP contribution is -2.31. The number of aromatic nitrogens is 2. The van der Waals surface area contributed by atoms with Crippen molar-refractivity contribution in [2.24, 2.45) is 0 Å². The third kappa shape index (κ3) is 3.69. The van der Waals surface area contributed by atoms with E-state index in [2.05, 4.69) is 50.4 Å². The average Bonchev–Trinajstić information content (AvgIpc) is 2.75. The summed E-state index contributed by atoms with van der Waals surface area (Å²) in [5.41, 5.74) is 1.51. The second-order valence-electron chi connectivity index (χ2n) is 5.09. The van der Waals surface area contributed by atoms with Gasteiger partial charge in [-0.1, -0.05) is 21.5 Å². The average molecular weight is 312 g/mol. The summed E-state index contributed by atoms with van der Waals surface area (Å²) >= 11 is 3.67. The zero-order valence-corrected chi connectivity index (χ0v) is 12.9. The van der Waals surface area contributed by atoms with Gasteiger partial charge in [0, 0.05) is 36.5 Å². The number of hydrogen-bond acceptors (Lipinski definition) is 2. The molecule has 3 nitrogen and oxygen atoms in total. The fourth-order valence-corrected chi connectivity index (χ4v) is 2.87. The molecule has 2 heterocycles. The van der Waals surface area contributed by atoms with Crippen LogP contribution in [0.15, 0.2) is 22.4 Å². The number of unbranched alkanes of at least 4 members (excludes halogenated alkanes) is 1. The van der Waals surface area contributed by atoms with Crippen molar-refractivity contribution in [2.45, 2.75) is 39.7 Å². The molecule has 0 fully saturated rings. The first-order chi connectivity index (χ1) is 8.66. The van der Waals surface area contributed by atoms with E-state index in [1.165, 1.54) is 42.4 Å². The summed E-state index contributed by atoms with van der Waals surface area (Å²) in [5.74, 6) is 1.12. The Balaban J connectivity index is 1.66. The van der Waals surface area contributed by atoms with Gasteiger partial charge in [-0.2, -0.15) is 0 Å². The van der Waals surface area contributed by atoms with Crippen LogP contribution in [0.1, 0.15) is 32.0 Å². The van der Waals surface area contributed by atoms with Crippen LogP contribution in [-0.2, 0) is 6.54 Å². The molecule has 0 saturated carbocycles. The highest BCUT2D eigenvalue weighted by Gasteiger charge is 2.13. The summed E-state index contributed by atoms with van der Waals surface area (Å²) in [7, 11) is 0. The smallest absolute Gasteiger partial charge is 0.105 e. The van der Waals surface area contributed by atoms with Crippen LogP contribution in [0.5, 0.6) is 0 Å². The van der Waals surface area contributed by atoms with Crippen LogP contribution in [0.3, 0.4) is 0 Å². The Kier molecular flexibility index (Phi) is 5.01. The van der Waals surface area contributed by atoms with E-state index >= 15 is 0 Å². The summed E-state index contributed by atoms with van der Waals surface area (Å²) in [4.78, 5) is 6.78. The van der Waals surface area contributed by atoms with E-state index in [1.54, 1.807) is 0 Å². The normalized spacial score (nSPS) is 17.5. The van der Waals surface area contributed by atoms with Gasteiger partial charge in [0.25, 0.3) is 0 Å². The number of nitrogens with zero attached hydrogens (tertiary/aromatic N) is 3. The van der Waals surface area contributed by atoms with E-state index < -0.39 is 0 Å². The standard InChI is InChI=1S/C14H22BrN3/c1-12-5-9-17(11-14(12)15)7-3-4-8-18-10-6-16-13(18)2/h6,10H,3-5,7-9,11H2,1-2H3. The van der Waals surface area contributed by atoms with Gasteiger partial charge in [0.05, 0.1) is 0 Å². The Hall–Kier alpha value is -0.610. The molecule has 4 heteroatoms. The van der Waals surface area contributed by atoms with Crippen LogP contribution >= 0.6 is 15.9 Å². The van der Waals surface area contributed by atoms with Gasteiger partial charge in [-0.05, 0) is 39.7 Å². The van der Waals surface area contributed by atoms with Gasteiger partial charge in [-0.3, -0.25) is 4.90 Å². The molecule has 2 rings (SSSR count). The van der Waals surface area contributed by atoms with E-state index in [9.17, 15) is 0 Å². The van der Waals surface area contributed by atoms with Crippen molar-refractivity contribution < 1.29 is 0 Å². The molecule has 0 amide bonds.